The van der Waals surface area contributed by atoms with Crippen LogP contribution in [-0.2, 0) is 4.52 Å². The molecule has 1 unspecified atom stereocenters. The van der Waals surface area contributed by atoms with Crippen molar-refractivity contribution in [2.24, 2.45) is 0 Å². The number of benzene rings is 1. The summed E-state index contributed by atoms with van der Waals surface area (Å²) in [5, 5.41) is 0.274. The highest BCUT2D eigenvalue weighted by Gasteiger charge is 2.10. The molecule has 0 saturated heterocycles. The van der Waals surface area contributed by atoms with Crippen molar-refractivity contribution in [3.63, 3.8) is 0 Å². The molecule has 0 amide bonds. The Kier molecular flexibility index (Phi) is 3.72. The third-order valence-corrected chi connectivity index (χ3v) is 2.60. The van der Waals surface area contributed by atoms with Crippen LogP contribution < -0.4 is 5.30 Å². The van der Waals surface area contributed by atoms with Gasteiger partial charge >= 0.3 is 0 Å². The van der Waals surface area contributed by atoms with E-state index >= 15 is 0 Å². The molecule has 0 aromatic heterocycles. The molecule has 0 heterocycles. The predicted molar refractivity (Wildman–Crippen MR) is 46.8 cm³/mol. The maximum absolute atomic E-state index is 12.6. The maximum atomic E-state index is 12.6. The van der Waals surface area contributed by atoms with Crippen LogP contribution in [0.4, 0.5) is 8.78 Å². The van der Waals surface area contributed by atoms with E-state index in [9.17, 15) is 13.7 Å². The largest absolute Gasteiger partial charge is 0.346 e. The molecule has 0 saturated carbocycles. The molecule has 0 fully saturated rings. The van der Waals surface area contributed by atoms with Crippen molar-refractivity contribution < 1.29 is 18.2 Å². The summed E-state index contributed by atoms with van der Waals surface area (Å²) >= 11 is 0. The highest BCUT2D eigenvalue weighted by Crippen LogP contribution is 2.30. The van der Waals surface area contributed by atoms with Crippen molar-refractivity contribution in [1.29, 1.82) is 0 Å². The summed E-state index contributed by atoms with van der Waals surface area (Å²) in [6, 6.07) is 3.21. The molecule has 5 heteroatoms. The van der Waals surface area contributed by atoms with Crippen LogP contribution in [0.25, 0.3) is 0 Å². The summed E-state index contributed by atoms with van der Waals surface area (Å²) in [5.41, 5.74) is 0. The Balaban J connectivity index is 2.84. The zero-order valence-electron chi connectivity index (χ0n) is 7.00. The van der Waals surface area contributed by atoms with E-state index in [2.05, 4.69) is 0 Å². The van der Waals surface area contributed by atoms with Crippen molar-refractivity contribution in [3.8, 4) is 0 Å². The Morgan fingerprint density at radius 3 is 2.62 bits per heavy atom. The minimum atomic E-state index is -1.81. The topological polar surface area (TPSA) is 29.5 Å². The molecule has 1 rings (SSSR count). The highest BCUT2D eigenvalue weighted by molar-refractivity contribution is 7.55. The van der Waals surface area contributed by atoms with Gasteiger partial charge in [0.2, 0.25) is 8.38 Å². The number of hydrogen-bond acceptors (Lipinski definition) is 2. The summed E-state index contributed by atoms with van der Waals surface area (Å²) in [6.45, 7) is 2.05. The second-order valence-electron chi connectivity index (χ2n) is 2.29. The Morgan fingerprint density at radius 2 is 2.08 bits per heavy atom. The zero-order chi connectivity index (χ0) is 9.84. The Morgan fingerprint density at radius 1 is 1.38 bits per heavy atom. The van der Waals surface area contributed by atoms with Gasteiger partial charge < -0.3 is 9.42 Å². The molecule has 0 aliphatic heterocycles. The molecule has 0 bridgehead atoms. The van der Waals surface area contributed by atoms with E-state index in [0.29, 0.717) is 6.61 Å². The van der Waals surface area contributed by atoms with Gasteiger partial charge in [-0.15, -0.1) is 0 Å². The average molecular weight is 206 g/mol. The van der Waals surface area contributed by atoms with E-state index in [1.54, 1.807) is 6.92 Å². The molecule has 0 radical (unpaired) electrons. The molecule has 1 aromatic carbocycles. The molecule has 0 aliphatic carbocycles. The van der Waals surface area contributed by atoms with Crippen LogP contribution >= 0.6 is 8.38 Å². The molecule has 0 aliphatic rings. The fourth-order valence-electron chi connectivity index (χ4n) is 0.801. The summed E-state index contributed by atoms with van der Waals surface area (Å²) < 4.78 is 30.0. The molecule has 13 heavy (non-hydrogen) atoms. The van der Waals surface area contributed by atoms with E-state index < -0.39 is 20.0 Å². The summed E-state index contributed by atoms with van der Waals surface area (Å²) in [6.07, 6.45) is 0. The minimum Gasteiger partial charge on any atom is -0.346 e. The number of halogens is 2. The monoisotopic (exact) mass is 206 g/mol. The first-order valence-corrected chi connectivity index (χ1v) is 4.93. The minimum absolute atomic E-state index is 0.274. The molecular formula is C8H9F2O2P. The fourth-order valence-corrected chi connectivity index (χ4v) is 1.62. The van der Waals surface area contributed by atoms with E-state index in [4.69, 9.17) is 4.52 Å². The maximum Gasteiger partial charge on any atom is 0.202 e. The predicted octanol–water partition coefficient (Wildman–Crippen LogP) is 1.93. The SMILES string of the molecule is CCOP(O)c1ccc(F)c(F)c1. The molecule has 1 atom stereocenters. The lowest BCUT2D eigenvalue weighted by Crippen LogP contribution is -2.04. The summed E-state index contributed by atoms with van der Waals surface area (Å²) in [5.74, 6) is -1.90. The Hall–Kier alpha value is -0.570. The van der Waals surface area contributed by atoms with Gasteiger partial charge in [-0.25, -0.2) is 8.78 Å². The van der Waals surface area contributed by atoms with E-state index in [-0.39, 0.29) is 5.30 Å². The Labute approximate surface area is 76.1 Å². The highest BCUT2D eigenvalue weighted by atomic mass is 31.2. The third-order valence-electron chi connectivity index (χ3n) is 1.38. The molecule has 2 nitrogen and oxygen atoms in total. The van der Waals surface area contributed by atoms with Gasteiger partial charge in [0, 0.05) is 5.30 Å². The van der Waals surface area contributed by atoms with E-state index in [1.165, 1.54) is 6.07 Å². The van der Waals surface area contributed by atoms with Crippen molar-refractivity contribution in [3.05, 3.63) is 29.8 Å². The second-order valence-corrected chi connectivity index (χ2v) is 3.61. The van der Waals surface area contributed by atoms with Gasteiger partial charge in [-0.2, -0.15) is 0 Å². The van der Waals surface area contributed by atoms with Gasteiger partial charge in [-0.1, -0.05) is 0 Å². The van der Waals surface area contributed by atoms with Crippen molar-refractivity contribution in [2.45, 2.75) is 6.92 Å². The summed E-state index contributed by atoms with van der Waals surface area (Å²) in [7, 11) is -1.81. The van der Waals surface area contributed by atoms with Crippen molar-refractivity contribution in [1.82, 2.24) is 0 Å². The first kappa shape index (κ1) is 10.5. The standard InChI is InChI=1S/C8H9F2O2P/c1-2-12-13(11)6-3-4-7(9)8(10)5-6/h3-5,11H,2H2,1H3. The molecule has 72 valence electrons. The van der Waals surface area contributed by atoms with Crippen LogP contribution in [0.15, 0.2) is 18.2 Å². The zero-order valence-corrected chi connectivity index (χ0v) is 7.89. The van der Waals surface area contributed by atoms with Gasteiger partial charge in [0.1, 0.15) is 0 Å². The Bertz CT molecular complexity index is 293. The summed E-state index contributed by atoms with van der Waals surface area (Å²) in [4.78, 5) is 9.29. The molecule has 1 aromatic rings. The van der Waals surface area contributed by atoms with Crippen LogP contribution in [0.5, 0.6) is 0 Å². The van der Waals surface area contributed by atoms with Gasteiger partial charge in [0.15, 0.2) is 11.6 Å². The average Bonchev–Trinajstić information content (AvgIpc) is 2.10. The number of hydrogen-bond donors (Lipinski definition) is 1. The first-order valence-electron chi connectivity index (χ1n) is 3.72. The van der Waals surface area contributed by atoms with Crippen molar-refractivity contribution in [2.75, 3.05) is 6.61 Å². The molecule has 1 N–H and O–H groups in total. The van der Waals surface area contributed by atoms with Gasteiger partial charge in [-0.3, -0.25) is 0 Å². The lowest BCUT2D eigenvalue weighted by Gasteiger charge is -2.08. The van der Waals surface area contributed by atoms with Crippen LogP contribution in [0, 0.1) is 11.6 Å². The number of rotatable bonds is 3. The smallest absolute Gasteiger partial charge is 0.202 e. The van der Waals surface area contributed by atoms with Crippen LogP contribution in [0.2, 0.25) is 0 Å². The van der Waals surface area contributed by atoms with E-state index in [1.807, 2.05) is 0 Å². The molecular weight excluding hydrogens is 197 g/mol. The van der Waals surface area contributed by atoms with Crippen LogP contribution in [0.3, 0.4) is 0 Å². The second kappa shape index (κ2) is 4.61. The van der Waals surface area contributed by atoms with Gasteiger partial charge in [-0.05, 0) is 25.1 Å². The lowest BCUT2D eigenvalue weighted by molar-refractivity contribution is 0.337. The van der Waals surface area contributed by atoms with Gasteiger partial charge in [0.25, 0.3) is 0 Å². The molecule has 0 spiro atoms. The lowest BCUT2D eigenvalue weighted by atomic mass is 10.3. The van der Waals surface area contributed by atoms with Crippen LogP contribution in [0.1, 0.15) is 6.92 Å². The van der Waals surface area contributed by atoms with E-state index in [0.717, 1.165) is 12.1 Å². The normalized spacial score (nSPS) is 12.9. The third kappa shape index (κ3) is 2.69. The van der Waals surface area contributed by atoms with Gasteiger partial charge in [0.05, 0.1) is 6.61 Å². The fraction of sp³-hybridized carbons (Fsp3) is 0.250. The first-order chi connectivity index (χ1) is 6.15. The van der Waals surface area contributed by atoms with Crippen molar-refractivity contribution >= 4 is 13.7 Å². The quantitative estimate of drug-likeness (QED) is 0.765. The van der Waals surface area contributed by atoms with Crippen LogP contribution in [-0.4, -0.2) is 11.5 Å².